The molecule has 0 radical (unpaired) electrons. The van der Waals surface area contributed by atoms with Crippen LogP contribution in [-0.2, 0) is 24.1 Å². The lowest BCUT2D eigenvalue weighted by Crippen LogP contribution is -2.32. The standard InChI is InChI=1S/C13H16FNO2/c14-11-6-9-4-2-1-3-8(9)5-10(11)7-12(15)13(16)17/h5-6,12H,1-4,7,15H2,(H,16,17). The average molecular weight is 237 g/mol. The molecule has 0 fully saturated rings. The van der Waals surface area contributed by atoms with Crippen LogP contribution in [0.15, 0.2) is 12.1 Å². The monoisotopic (exact) mass is 237 g/mol. The normalized spacial score (nSPS) is 16.4. The minimum atomic E-state index is -1.10. The summed E-state index contributed by atoms with van der Waals surface area (Å²) in [5.74, 6) is -1.43. The molecular weight excluding hydrogens is 221 g/mol. The second-order valence-corrected chi connectivity index (χ2v) is 4.57. The molecule has 2 rings (SSSR count). The molecule has 0 bridgehead atoms. The summed E-state index contributed by atoms with van der Waals surface area (Å²) in [5.41, 5.74) is 8.05. The molecule has 0 aromatic heterocycles. The molecule has 0 amide bonds. The molecule has 4 heteroatoms. The lowest BCUT2D eigenvalue weighted by atomic mass is 9.89. The smallest absolute Gasteiger partial charge is 0.320 e. The van der Waals surface area contributed by atoms with Gasteiger partial charge in [0.05, 0.1) is 0 Å². The van der Waals surface area contributed by atoms with E-state index in [1.165, 1.54) is 0 Å². The van der Waals surface area contributed by atoms with Gasteiger partial charge in [0.25, 0.3) is 0 Å². The van der Waals surface area contributed by atoms with Gasteiger partial charge in [-0.2, -0.15) is 0 Å². The molecule has 1 aromatic rings. The van der Waals surface area contributed by atoms with E-state index in [2.05, 4.69) is 0 Å². The van der Waals surface area contributed by atoms with Gasteiger partial charge in [-0.15, -0.1) is 0 Å². The van der Waals surface area contributed by atoms with Crippen molar-refractivity contribution in [2.45, 2.75) is 38.1 Å². The lowest BCUT2D eigenvalue weighted by molar-refractivity contribution is -0.138. The topological polar surface area (TPSA) is 63.3 Å². The first-order valence-electron chi connectivity index (χ1n) is 5.86. The first-order valence-corrected chi connectivity index (χ1v) is 5.86. The molecule has 1 aliphatic rings. The molecular formula is C13H16FNO2. The van der Waals surface area contributed by atoms with Crippen LogP contribution in [0.2, 0.25) is 0 Å². The highest BCUT2D eigenvalue weighted by atomic mass is 19.1. The van der Waals surface area contributed by atoms with E-state index in [0.29, 0.717) is 5.56 Å². The number of hydrogen-bond acceptors (Lipinski definition) is 2. The highest BCUT2D eigenvalue weighted by molar-refractivity contribution is 5.73. The number of aliphatic carboxylic acids is 1. The summed E-state index contributed by atoms with van der Waals surface area (Å²) in [6.45, 7) is 0. The number of halogens is 1. The molecule has 1 aromatic carbocycles. The summed E-state index contributed by atoms with van der Waals surface area (Å²) in [5, 5.41) is 8.73. The number of rotatable bonds is 3. The maximum atomic E-state index is 13.8. The third-order valence-corrected chi connectivity index (χ3v) is 3.27. The second kappa shape index (κ2) is 4.84. The molecule has 0 aliphatic heterocycles. The summed E-state index contributed by atoms with van der Waals surface area (Å²) >= 11 is 0. The van der Waals surface area contributed by atoms with Crippen molar-refractivity contribution in [1.82, 2.24) is 0 Å². The molecule has 0 heterocycles. The molecule has 0 saturated heterocycles. The highest BCUT2D eigenvalue weighted by Gasteiger charge is 2.18. The minimum absolute atomic E-state index is 0.0500. The van der Waals surface area contributed by atoms with Crippen molar-refractivity contribution < 1.29 is 14.3 Å². The SMILES string of the molecule is NC(Cc1cc2c(cc1F)CCCC2)C(=O)O. The Bertz CT molecular complexity index is 445. The van der Waals surface area contributed by atoms with Crippen molar-refractivity contribution in [3.8, 4) is 0 Å². The van der Waals surface area contributed by atoms with Crippen molar-refractivity contribution in [2.75, 3.05) is 0 Å². The highest BCUT2D eigenvalue weighted by Crippen LogP contribution is 2.24. The number of carboxylic acids is 1. The van der Waals surface area contributed by atoms with E-state index in [-0.39, 0.29) is 12.2 Å². The first-order chi connectivity index (χ1) is 8.08. The third kappa shape index (κ3) is 2.64. The maximum absolute atomic E-state index is 13.8. The van der Waals surface area contributed by atoms with Gasteiger partial charge in [0.1, 0.15) is 11.9 Å². The van der Waals surface area contributed by atoms with Gasteiger partial charge in [-0.05, 0) is 48.4 Å². The fourth-order valence-electron chi connectivity index (χ4n) is 2.29. The van der Waals surface area contributed by atoms with E-state index in [0.717, 1.165) is 36.8 Å². The zero-order chi connectivity index (χ0) is 12.4. The van der Waals surface area contributed by atoms with Crippen LogP contribution in [0, 0.1) is 5.82 Å². The zero-order valence-corrected chi connectivity index (χ0v) is 9.58. The summed E-state index contributed by atoms with van der Waals surface area (Å²) < 4.78 is 13.8. The van der Waals surface area contributed by atoms with Crippen LogP contribution >= 0.6 is 0 Å². The molecule has 92 valence electrons. The van der Waals surface area contributed by atoms with E-state index in [4.69, 9.17) is 10.8 Å². The van der Waals surface area contributed by atoms with Gasteiger partial charge in [0, 0.05) is 6.42 Å². The number of fused-ring (bicyclic) bond motifs is 1. The van der Waals surface area contributed by atoms with E-state index in [1.807, 2.05) is 0 Å². The van der Waals surface area contributed by atoms with Crippen molar-refractivity contribution in [3.63, 3.8) is 0 Å². The van der Waals surface area contributed by atoms with Gasteiger partial charge in [0.15, 0.2) is 0 Å². The Kier molecular flexibility index (Phi) is 3.43. The van der Waals surface area contributed by atoms with Crippen molar-refractivity contribution >= 4 is 5.97 Å². The summed E-state index contributed by atoms with van der Waals surface area (Å²) in [7, 11) is 0. The number of carbonyl (C=O) groups is 1. The van der Waals surface area contributed by atoms with Crippen LogP contribution in [0.1, 0.15) is 29.5 Å². The molecule has 1 unspecified atom stereocenters. The lowest BCUT2D eigenvalue weighted by Gasteiger charge is -2.18. The Morgan fingerprint density at radius 1 is 1.35 bits per heavy atom. The van der Waals surface area contributed by atoms with Crippen molar-refractivity contribution in [2.24, 2.45) is 5.73 Å². The second-order valence-electron chi connectivity index (χ2n) is 4.57. The fraction of sp³-hybridized carbons (Fsp3) is 0.462. The quantitative estimate of drug-likeness (QED) is 0.840. The third-order valence-electron chi connectivity index (χ3n) is 3.27. The Hall–Kier alpha value is -1.42. The van der Waals surface area contributed by atoms with Gasteiger partial charge < -0.3 is 10.8 Å². The molecule has 1 atom stereocenters. The maximum Gasteiger partial charge on any atom is 0.320 e. The molecule has 3 nitrogen and oxygen atoms in total. The predicted molar refractivity (Wildman–Crippen MR) is 62.4 cm³/mol. The average Bonchev–Trinajstić information content (AvgIpc) is 2.29. The number of benzene rings is 1. The number of nitrogens with two attached hydrogens (primary N) is 1. The van der Waals surface area contributed by atoms with Crippen LogP contribution in [0.4, 0.5) is 4.39 Å². The summed E-state index contributed by atoms with van der Waals surface area (Å²) in [6, 6.07) is 2.29. The van der Waals surface area contributed by atoms with Crippen LogP contribution in [0.25, 0.3) is 0 Å². The van der Waals surface area contributed by atoms with Crippen LogP contribution in [-0.4, -0.2) is 17.1 Å². The van der Waals surface area contributed by atoms with Crippen LogP contribution in [0.3, 0.4) is 0 Å². The number of aryl methyl sites for hydroxylation is 2. The van der Waals surface area contributed by atoms with Crippen molar-refractivity contribution in [3.05, 3.63) is 34.6 Å². The molecule has 0 saturated carbocycles. The Balaban J connectivity index is 2.25. The largest absolute Gasteiger partial charge is 0.480 e. The molecule has 0 spiro atoms. The number of hydrogen-bond donors (Lipinski definition) is 2. The summed E-state index contributed by atoms with van der Waals surface area (Å²) in [4.78, 5) is 10.7. The summed E-state index contributed by atoms with van der Waals surface area (Å²) in [6.07, 6.45) is 4.13. The Morgan fingerprint density at radius 2 is 1.94 bits per heavy atom. The molecule has 1 aliphatic carbocycles. The van der Waals surface area contributed by atoms with Gasteiger partial charge in [-0.3, -0.25) is 4.79 Å². The number of carboxylic acid groups (broad SMARTS) is 1. The van der Waals surface area contributed by atoms with E-state index in [1.54, 1.807) is 12.1 Å². The van der Waals surface area contributed by atoms with Crippen LogP contribution in [0.5, 0.6) is 0 Å². The molecule has 17 heavy (non-hydrogen) atoms. The Morgan fingerprint density at radius 3 is 2.53 bits per heavy atom. The predicted octanol–water partition coefficient (Wildman–Crippen LogP) is 1.66. The van der Waals surface area contributed by atoms with E-state index in [9.17, 15) is 9.18 Å². The van der Waals surface area contributed by atoms with Gasteiger partial charge in [-0.1, -0.05) is 6.07 Å². The van der Waals surface area contributed by atoms with Gasteiger partial charge >= 0.3 is 5.97 Å². The fourth-order valence-corrected chi connectivity index (χ4v) is 2.29. The van der Waals surface area contributed by atoms with Gasteiger partial charge in [0.2, 0.25) is 0 Å². The van der Waals surface area contributed by atoms with Crippen LogP contribution < -0.4 is 5.73 Å². The minimum Gasteiger partial charge on any atom is -0.480 e. The van der Waals surface area contributed by atoms with E-state index >= 15 is 0 Å². The van der Waals surface area contributed by atoms with E-state index < -0.39 is 12.0 Å². The molecule has 3 N–H and O–H groups in total. The first kappa shape index (κ1) is 12.0. The van der Waals surface area contributed by atoms with Gasteiger partial charge in [-0.25, -0.2) is 4.39 Å². The van der Waals surface area contributed by atoms with Crippen molar-refractivity contribution in [1.29, 1.82) is 0 Å². The zero-order valence-electron chi connectivity index (χ0n) is 9.58. The Labute approximate surface area is 99.4 Å².